The van der Waals surface area contributed by atoms with Gasteiger partial charge in [0.1, 0.15) is 13.2 Å². The van der Waals surface area contributed by atoms with E-state index in [4.69, 9.17) is 14.2 Å². The number of hydrogen-bond donors (Lipinski definition) is 0. The van der Waals surface area contributed by atoms with Gasteiger partial charge in [-0.3, -0.25) is 14.4 Å². The van der Waals surface area contributed by atoms with Crippen molar-refractivity contribution in [3.63, 3.8) is 0 Å². The molecule has 1 atom stereocenters. The van der Waals surface area contributed by atoms with E-state index in [0.29, 0.717) is 12.8 Å². The van der Waals surface area contributed by atoms with E-state index in [-0.39, 0.29) is 31.6 Å². The number of ether oxygens (including phenoxy) is 3. The van der Waals surface area contributed by atoms with Crippen LogP contribution in [0.5, 0.6) is 0 Å². The topological polar surface area (TPSA) is 78.9 Å². The van der Waals surface area contributed by atoms with Crippen molar-refractivity contribution in [1.82, 2.24) is 0 Å². The lowest BCUT2D eigenvalue weighted by molar-refractivity contribution is -0.166. The average Bonchev–Trinajstić information content (AvgIpc) is 3.34. The molecule has 68 heavy (non-hydrogen) atoms. The van der Waals surface area contributed by atoms with Crippen LogP contribution in [0.4, 0.5) is 0 Å². The molecule has 0 aromatic rings. The van der Waals surface area contributed by atoms with Gasteiger partial charge in [-0.15, -0.1) is 0 Å². The molecule has 0 aromatic heterocycles. The van der Waals surface area contributed by atoms with Gasteiger partial charge in [0, 0.05) is 12.8 Å². The summed E-state index contributed by atoms with van der Waals surface area (Å²) < 4.78 is 16.7. The Hall–Kier alpha value is -3.15. The van der Waals surface area contributed by atoms with Crippen molar-refractivity contribution in [2.75, 3.05) is 13.2 Å². The maximum absolute atomic E-state index is 12.8. The molecule has 0 fully saturated rings. The highest BCUT2D eigenvalue weighted by atomic mass is 16.6. The zero-order valence-corrected chi connectivity index (χ0v) is 44.9. The Labute approximate surface area is 421 Å². The van der Waals surface area contributed by atoms with E-state index in [0.717, 1.165) is 83.5 Å². The first-order valence-electron chi connectivity index (χ1n) is 28.9. The van der Waals surface area contributed by atoms with Crippen molar-refractivity contribution in [2.24, 2.45) is 0 Å². The van der Waals surface area contributed by atoms with Crippen LogP contribution in [-0.4, -0.2) is 37.2 Å². The van der Waals surface area contributed by atoms with E-state index in [1.165, 1.54) is 161 Å². The maximum Gasteiger partial charge on any atom is 0.310 e. The van der Waals surface area contributed by atoms with Crippen molar-refractivity contribution in [3.05, 3.63) is 72.9 Å². The third kappa shape index (κ3) is 53.8. The molecule has 0 aliphatic heterocycles. The van der Waals surface area contributed by atoms with Crippen molar-refractivity contribution in [1.29, 1.82) is 0 Å². The molecule has 0 bridgehead atoms. The lowest BCUT2D eigenvalue weighted by Crippen LogP contribution is -2.30. The fourth-order valence-electron chi connectivity index (χ4n) is 8.16. The van der Waals surface area contributed by atoms with Gasteiger partial charge in [-0.2, -0.15) is 0 Å². The van der Waals surface area contributed by atoms with Gasteiger partial charge < -0.3 is 14.2 Å². The standard InChI is InChI=1S/C62H108O6/c1-4-7-10-13-16-19-22-25-27-28-29-30-31-32-33-35-37-40-43-46-49-52-55-61(64)67-58-59(57-66-60(63)54-51-48-45-42-39-36-24-21-18-15-12-9-6-3)68-62(65)56-53-50-47-44-41-38-34-26-23-20-17-14-11-8-5-2/h8,11,17,20-21,24,26,34,41,44,50,53,59H,4-7,9-10,12-16,18-19,22-23,25,27-33,35-40,42-43,45-49,51-52,54-58H2,1-3H3/b11-8-,20-17-,24-21-,34-26-,44-41-,53-50-. The second-order valence-corrected chi connectivity index (χ2v) is 19.2. The molecule has 0 spiro atoms. The van der Waals surface area contributed by atoms with Crippen LogP contribution in [0.25, 0.3) is 0 Å². The van der Waals surface area contributed by atoms with Gasteiger partial charge in [0.05, 0.1) is 6.42 Å². The average molecular weight is 950 g/mol. The first-order chi connectivity index (χ1) is 33.5. The van der Waals surface area contributed by atoms with E-state index in [9.17, 15) is 14.4 Å². The zero-order valence-electron chi connectivity index (χ0n) is 44.9. The summed E-state index contributed by atoms with van der Waals surface area (Å²) in [4.78, 5) is 38.0. The molecule has 0 N–H and O–H groups in total. The fourth-order valence-corrected chi connectivity index (χ4v) is 8.16. The monoisotopic (exact) mass is 949 g/mol. The van der Waals surface area contributed by atoms with Crippen LogP contribution in [-0.2, 0) is 28.6 Å². The lowest BCUT2D eigenvalue weighted by atomic mass is 10.0. The van der Waals surface area contributed by atoms with E-state index < -0.39 is 12.1 Å². The zero-order chi connectivity index (χ0) is 49.3. The minimum absolute atomic E-state index is 0.0974. The summed E-state index contributed by atoms with van der Waals surface area (Å²) in [7, 11) is 0. The molecule has 0 heterocycles. The molecule has 0 radical (unpaired) electrons. The van der Waals surface area contributed by atoms with Gasteiger partial charge in [-0.1, -0.05) is 267 Å². The summed E-state index contributed by atoms with van der Waals surface area (Å²) >= 11 is 0. The summed E-state index contributed by atoms with van der Waals surface area (Å²) in [5.41, 5.74) is 0. The maximum atomic E-state index is 12.8. The molecule has 0 saturated heterocycles. The third-order valence-corrected chi connectivity index (χ3v) is 12.5. The predicted octanol–water partition coefficient (Wildman–Crippen LogP) is 19.4. The third-order valence-electron chi connectivity index (χ3n) is 12.5. The normalized spacial score (nSPS) is 12.6. The first kappa shape index (κ1) is 64.8. The van der Waals surface area contributed by atoms with E-state index in [2.05, 4.69) is 81.5 Å². The van der Waals surface area contributed by atoms with Gasteiger partial charge in [0.15, 0.2) is 6.10 Å². The van der Waals surface area contributed by atoms with Crippen LogP contribution in [0, 0.1) is 0 Å². The Balaban J connectivity index is 4.38. The summed E-state index contributed by atoms with van der Waals surface area (Å²) in [6, 6.07) is 0. The number of esters is 3. The Kier molecular flexibility index (Phi) is 53.8. The highest BCUT2D eigenvalue weighted by Gasteiger charge is 2.19. The second kappa shape index (κ2) is 56.4. The number of allylic oxidation sites excluding steroid dienone is 11. The van der Waals surface area contributed by atoms with Crippen LogP contribution < -0.4 is 0 Å². The molecule has 0 saturated carbocycles. The largest absolute Gasteiger partial charge is 0.462 e. The quantitative estimate of drug-likeness (QED) is 0.0262. The van der Waals surface area contributed by atoms with E-state index >= 15 is 0 Å². The summed E-state index contributed by atoms with van der Waals surface area (Å²) in [5.74, 6) is -1.05. The Morgan fingerprint density at radius 3 is 0.971 bits per heavy atom. The van der Waals surface area contributed by atoms with E-state index in [1.54, 1.807) is 6.08 Å². The van der Waals surface area contributed by atoms with Crippen LogP contribution in [0.1, 0.15) is 284 Å². The highest BCUT2D eigenvalue weighted by molar-refractivity contribution is 5.72. The second-order valence-electron chi connectivity index (χ2n) is 19.2. The molecule has 0 aliphatic rings. The van der Waals surface area contributed by atoms with Gasteiger partial charge in [-0.25, -0.2) is 0 Å². The lowest BCUT2D eigenvalue weighted by Gasteiger charge is -2.18. The summed E-state index contributed by atoms with van der Waals surface area (Å²) in [5, 5.41) is 0. The van der Waals surface area contributed by atoms with Gasteiger partial charge >= 0.3 is 17.9 Å². The number of carbonyl (C=O) groups is 3. The van der Waals surface area contributed by atoms with Gasteiger partial charge in [-0.05, 0) is 70.6 Å². The minimum Gasteiger partial charge on any atom is -0.462 e. The van der Waals surface area contributed by atoms with E-state index in [1.807, 2.05) is 6.08 Å². The highest BCUT2D eigenvalue weighted by Crippen LogP contribution is 2.16. The fraction of sp³-hybridized carbons (Fsp3) is 0.758. The van der Waals surface area contributed by atoms with Crippen LogP contribution in [0.15, 0.2) is 72.9 Å². The Morgan fingerprint density at radius 2 is 0.618 bits per heavy atom. The molecular weight excluding hydrogens is 841 g/mol. The smallest absolute Gasteiger partial charge is 0.310 e. The van der Waals surface area contributed by atoms with Crippen molar-refractivity contribution in [3.8, 4) is 0 Å². The summed E-state index contributed by atoms with van der Waals surface area (Å²) in [6.07, 6.45) is 72.2. The van der Waals surface area contributed by atoms with Crippen molar-refractivity contribution >= 4 is 17.9 Å². The number of unbranched alkanes of at least 4 members (excludes halogenated alkanes) is 30. The molecular formula is C62H108O6. The minimum atomic E-state index is -0.831. The van der Waals surface area contributed by atoms with Crippen molar-refractivity contribution < 1.29 is 28.6 Å². The Bertz CT molecular complexity index is 1270. The molecule has 1 unspecified atom stereocenters. The Morgan fingerprint density at radius 1 is 0.324 bits per heavy atom. The number of hydrogen-bond acceptors (Lipinski definition) is 6. The van der Waals surface area contributed by atoms with Crippen molar-refractivity contribution in [2.45, 2.75) is 290 Å². The number of carbonyl (C=O) groups excluding carboxylic acids is 3. The van der Waals surface area contributed by atoms with Crippen LogP contribution in [0.2, 0.25) is 0 Å². The van der Waals surface area contributed by atoms with Gasteiger partial charge in [0.25, 0.3) is 0 Å². The molecule has 0 amide bonds. The predicted molar refractivity (Wildman–Crippen MR) is 293 cm³/mol. The molecule has 0 aromatic carbocycles. The molecule has 0 aliphatic carbocycles. The molecule has 6 nitrogen and oxygen atoms in total. The van der Waals surface area contributed by atoms with Crippen LogP contribution >= 0.6 is 0 Å². The molecule has 0 rings (SSSR count). The molecule has 392 valence electrons. The van der Waals surface area contributed by atoms with Gasteiger partial charge in [0.2, 0.25) is 0 Å². The SMILES string of the molecule is CC/C=C\C/C=C\C/C=C\C/C=C\C/C=C\CC(=O)OC(COC(=O)CCCCCCC/C=C\CCCCCC)COC(=O)CCCCCCCCCCCCCCCCCCCCCCCC. The first-order valence-corrected chi connectivity index (χ1v) is 28.9. The number of rotatable bonds is 52. The molecule has 6 heteroatoms. The summed E-state index contributed by atoms with van der Waals surface area (Å²) in [6.45, 7) is 6.44. The van der Waals surface area contributed by atoms with Crippen LogP contribution in [0.3, 0.4) is 0 Å².